The third-order valence-corrected chi connectivity index (χ3v) is 5.77. The van der Waals surface area contributed by atoms with E-state index in [0.717, 1.165) is 5.56 Å². The molecule has 148 valence electrons. The highest BCUT2D eigenvalue weighted by Crippen LogP contribution is 2.41. The zero-order chi connectivity index (χ0) is 20.3. The number of nitrogens with one attached hydrogen (secondary N) is 2. The Morgan fingerprint density at radius 1 is 1.21 bits per heavy atom. The number of thiazole rings is 1. The minimum atomic E-state index is -0.815. The molecule has 0 radical (unpaired) electrons. The Hall–Kier alpha value is -2.87. The third-order valence-electron chi connectivity index (χ3n) is 5.06. The van der Waals surface area contributed by atoms with Crippen molar-refractivity contribution in [3.63, 3.8) is 0 Å². The van der Waals surface area contributed by atoms with Crippen molar-refractivity contribution < 1.29 is 19.1 Å². The summed E-state index contributed by atoms with van der Waals surface area (Å²) in [6.07, 6.45) is 1.66. The predicted molar refractivity (Wildman–Crippen MR) is 107 cm³/mol. The Balaban J connectivity index is 2.19. The minimum Gasteiger partial charge on any atom is -0.469 e. The Kier molecular flexibility index (Phi) is 5.69. The van der Waals surface area contributed by atoms with Gasteiger partial charge in [0.1, 0.15) is 5.92 Å². The van der Waals surface area contributed by atoms with Gasteiger partial charge in [-0.15, -0.1) is 11.3 Å². The van der Waals surface area contributed by atoms with E-state index in [1.54, 1.807) is 13.1 Å². The first-order chi connectivity index (χ1) is 13.4. The third kappa shape index (κ3) is 3.47. The number of nitrogens with zero attached hydrogens (tertiary/aromatic N) is 1. The van der Waals surface area contributed by atoms with Crippen LogP contribution in [-0.2, 0) is 24.6 Å². The molecule has 1 aromatic heterocycles. The molecule has 3 rings (SSSR count). The molecule has 2 N–H and O–H groups in total. The number of anilines is 1. The number of ether oxygens (including phenoxy) is 2. The normalized spacial score (nSPS) is 24.3. The van der Waals surface area contributed by atoms with Gasteiger partial charge in [0.05, 0.1) is 31.4 Å². The molecular formula is C20H23N3O4S. The fourth-order valence-electron chi connectivity index (χ4n) is 3.78. The van der Waals surface area contributed by atoms with Crippen molar-refractivity contribution >= 4 is 28.4 Å². The zero-order valence-corrected chi connectivity index (χ0v) is 17.0. The Bertz CT molecular complexity index is 882. The van der Waals surface area contributed by atoms with Crippen molar-refractivity contribution in [2.45, 2.75) is 25.4 Å². The molecule has 0 saturated heterocycles. The lowest BCUT2D eigenvalue weighted by Gasteiger charge is -2.46. The molecule has 0 amide bonds. The van der Waals surface area contributed by atoms with Crippen LogP contribution in [0.1, 0.15) is 19.4 Å². The second-order valence-electron chi connectivity index (χ2n) is 6.68. The van der Waals surface area contributed by atoms with Crippen LogP contribution in [0, 0.1) is 5.92 Å². The standard InChI is InChI=1S/C20H23N3O4S/c1-12-14(17(24)26-3)16(22-19-21-10-11-28-19)15(18(25)27-4)20(2,23-12)13-8-6-5-7-9-13/h5-11,15-16,23H,1-4H3,(H,21,22). The quantitative estimate of drug-likeness (QED) is 0.745. The fourth-order valence-corrected chi connectivity index (χ4v) is 4.34. The minimum absolute atomic E-state index is 0.349. The molecule has 3 atom stereocenters. The van der Waals surface area contributed by atoms with Gasteiger partial charge in [0, 0.05) is 17.3 Å². The maximum Gasteiger partial charge on any atom is 0.337 e. The lowest BCUT2D eigenvalue weighted by atomic mass is 9.70. The van der Waals surface area contributed by atoms with Gasteiger partial charge in [0.25, 0.3) is 0 Å². The number of hydrogen-bond donors (Lipinski definition) is 2. The summed E-state index contributed by atoms with van der Waals surface area (Å²) in [5.74, 6) is -1.70. The number of methoxy groups -OCH3 is 2. The van der Waals surface area contributed by atoms with E-state index in [1.807, 2.05) is 42.6 Å². The highest BCUT2D eigenvalue weighted by atomic mass is 32.1. The monoisotopic (exact) mass is 401 g/mol. The summed E-state index contributed by atoms with van der Waals surface area (Å²) < 4.78 is 10.1. The summed E-state index contributed by atoms with van der Waals surface area (Å²) in [6, 6.07) is 8.94. The number of benzene rings is 1. The number of allylic oxidation sites excluding steroid dienone is 1. The van der Waals surface area contributed by atoms with Crippen LogP contribution in [0.3, 0.4) is 0 Å². The van der Waals surface area contributed by atoms with Crippen molar-refractivity contribution in [2.75, 3.05) is 19.5 Å². The van der Waals surface area contributed by atoms with Crippen LogP contribution in [0.25, 0.3) is 0 Å². The lowest BCUT2D eigenvalue weighted by molar-refractivity contribution is -0.149. The molecule has 8 heteroatoms. The van der Waals surface area contributed by atoms with Gasteiger partial charge in [-0.3, -0.25) is 4.79 Å². The Labute approximate surface area is 167 Å². The largest absolute Gasteiger partial charge is 0.469 e. The molecule has 0 aliphatic carbocycles. The van der Waals surface area contributed by atoms with Gasteiger partial charge in [-0.05, 0) is 19.4 Å². The van der Waals surface area contributed by atoms with Gasteiger partial charge in [0.15, 0.2) is 5.13 Å². The molecule has 2 aromatic rings. The van der Waals surface area contributed by atoms with Crippen LogP contribution in [0.2, 0.25) is 0 Å². The second-order valence-corrected chi connectivity index (χ2v) is 7.58. The van der Waals surface area contributed by atoms with Crippen LogP contribution in [-0.4, -0.2) is 37.2 Å². The van der Waals surface area contributed by atoms with Gasteiger partial charge >= 0.3 is 11.9 Å². The summed E-state index contributed by atoms with van der Waals surface area (Å²) in [4.78, 5) is 29.8. The van der Waals surface area contributed by atoms with E-state index in [4.69, 9.17) is 9.47 Å². The second kappa shape index (κ2) is 8.02. The van der Waals surface area contributed by atoms with Gasteiger partial charge in [0.2, 0.25) is 0 Å². The highest BCUT2D eigenvalue weighted by molar-refractivity contribution is 7.13. The molecule has 0 spiro atoms. The molecule has 7 nitrogen and oxygen atoms in total. The van der Waals surface area contributed by atoms with Crippen LogP contribution in [0.4, 0.5) is 5.13 Å². The SMILES string of the molecule is COC(=O)C1=C(C)NC(C)(c2ccccc2)C(C(=O)OC)C1Nc1nccs1. The smallest absolute Gasteiger partial charge is 0.337 e. The van der Waals surface area contributed by atoms with E-state index in [1.165, 1.54) is 25.6 Å². The molecule has 0 bridgehead atoms. The van der Waals surface area contributed by atoms with E-state index >= 15 is 0 Å². The van der Waals surface area contributed by atoms with Gasteiger partial charge in [-0.1, -0.05) is 30.3 Å². The predicted octanol–water partition coefficient (Wildman–Crippen LogP) is 2.68. The molecule has 28 heavy (non-hydrogen) atoms. The molecule has 1 aromatic carbocycles. The van der Waals surface area contributed by atoms with Crippen molar-refractivity contribution in [2.24, 2.45) is 5.92 Å². The molecule has 1 aliphatic rings. The zero-order valence-electron chi connectivity index (χ0n) is 16.2. The van der Waals surface area contributed by atoms with Crippen LogP contribution in [0.15, 0.2) is 53.2 Å². The maximum absolute atomic E-state index is 13.0. The van der Waals surface area contributed by atoms with E-state index in [2.05, 4.69) is 15.6 Å². The number of carbonyl (C=O) groups is 2. The first-order valence-corrected chi connectivity index (χ1v) is 9.67. The molecule has 3 unspecified atom stereocenters. The van der Waals surface area contributed by atoms with E-state index in [-0.39, 0.29) is 0 Å². The first-order valence-electron chi connectivity index (χ1n) is 8.79. The van der Waals surface area contributed by atoms with E-state index in [9.17, 15) is 9.59 Å². The van der Waals surface area contributed by atoms with E-state index in [0.29, 0.717) is 16.4 Å². The van der Waals surface area contributed by atoms with Gasteiger partial charge in [-0.2, -0.15) is 0 Å². The number of esters is 2. The van der Waals surface area contributed by atoms with Crippen LogP contribution < -0.4 is 10.6 Å². The molecule has 0 saturated carbocycles. The number of carbonyl (C=O) groups excluding carboxylic acids is 2. The van der Waals surface area contributed by atoms with Crippen molar-refractivity contribution in [3.05, 3.63) is 58.7 Å². The average Bonchev–Trinajstić information content (AvgIpc) is 3.21. The maximum atomic E-state index is 13.0. The lowest BCUT2D eigenvalue weighted by Crippen LogP contribution is -2.60. The molecular weight excluding hydrogens is 378 g/mol. The van der Waals surface area contributed by atoms with Crippen molar-refractivity contribution in [1.82, 2.24) is 10.3 Å². The fraction of sp³-hybridized carbons (Fsp3) is 0.350. The molecule has 2 heterocycles. The average molecular weight is 401 g/mol. The molecule has 1 aliphatic heterocycles. The Morgan fingerprint density at radius 3 is 2.50 bits per heavy atom. The highest BCUT2D eigenvalue weighted by Gasteiger charge is 2.52. The summed E-state index contributed by atoms with van der Waals surface area (Å²) in [5.41, 5.74) is 1.07. The summed E-state index contributed by atoms with van der Waals surface area (Å²) in [7, 11) is 2.67. The van der Waals surface area contributed by atoms with Gasteiger partial charge < -0.3 is 20.1 Å². The number of hydrogen-bond acceptors (Lipinski definition) is 8. The number of aromatic nitrogens is 1. The van der Waals surface area contributed by atoms with Crippen molar-refractivity contribution in [3.8, 4) is 0 Å². The van der Waals surface area contributed by atoms with E-state index < -0.39 is 29.4 Å². The number of rotatable bonds is 5. The summed E-state index contributed by atoms with van der Waals surface area (Å²) in [6.45, 7) is 3.73. The summed E-state index contributed by atoms with van der Waals surface area (Å²) >= 11 is 1.39. The Morgan fingerprint density at radius 2 is 1.93 bits per heavy atom. The van der Waals surface area contributed by atoms with Gasteiger partial charge in [-0.25, -0.2) is 9.78 Å². The topological polar surface area (TPSA) is 89.5 Å². The first kappa shape index (κ1) is 19.9. The summed E-state index contributed by atoms with van der Waals surface area (Å²) in [5, 5.41) is 9.05. The van der Waals surface area contributed by atoms with Crippen molar-refractivity contribution in [1.29, 1.82) is 0 Å². The van der Waals surface area contributed by atoms with Crippen LogP contribution in [0.5, 0.6) is 0 Å². The molecule has 0 fully saturated rings. The van der Waals surface area contributed by atoms with Crippen LogP contribution >= 0.6 is 11.3 Å².